The van der Waals surface area contributed by atoms with Gasteiger partial charge < -0.3 is 41.3 Å². The van der Waals surface area contributed by atoms with Gasteiger partial charge in [-0.25, -0.2) is 0 Å². The van der Waals surface area contributed by atoms with Crippen LogP contribution in [-0.2, 0) is 27.3 Å². The third-order valence-electron chi connectivity index (χ3n) is 8.77. The standard InChI is InChI=1S/C29H35N5O7/c1-33(2)18-10-14(11-32-15-6-5-7-31-12-15)23(35)20-16(18)8-13-9-17-22(34(3)4)25(37)21(28(30)40)27(39)29(17,41)26(38)19(13)24(20)36/h5-7,10,12-13,17,21-22,25,32,35-37,41H,8-9,11H2,1-4H3,(H2,30,40)/t13-,17-,21?,22?,25?,29-/m1/s1. The Labute approximate surface area is 237 Å². The molecule has 1 heterocycles. The summed E-state index contributed by atoms with van der Waals surface area (Å²) in [4.78, 5) is 47.3. The summed E-state index contributed by atoms with van der Waals surface area (Å²) in [5.41, 5.74) is 5.12. The van der Waals surface area contributed by atoms with Gasteiger partial charge in [0.25, 0.3) is 0 Å². The molecule has 0 saturated heterocycles. The third-order valence-corrected chi connectivity index (χ3v) is 8.77. The quantitative estimate of drug-likeness (QED) is 0.263. The highest BCUT2D eigenvalue weighted by Crippen LogP contribution is 2.53. The van der Waals surface area contributed by atoms with Gasteiger partial charge in [0.15, 0.2) is 11.4 Å². The molecule has 218 valence electrons. The predicted molar refractivity (Wildman–Crippen MR) is 150 cm³/mol. The van der Waals surface area contributed by atoms with Crippen LogP contribution in [0.15, 0.2) is 36.2 Å². The van der Waals surface area contributed by atoms with E-state index >= 15 is 0 Å². The van der Waals surface area contributed by atoms with Crippen molar-refractivity contribution in [2.75, 3.05) is 38.4 Å². The van der Waals surface area contributed by atoms with Crippen LogP contribution >= 0.6 is 0 Å². The van der Waals surface area contributed by atoms with E-state index in [1.807, 2.05) is 31.1 Å². The second kappa shape index (κ2) is 10.1. The molecule has 41 heavy (non-hydrogen) atoms. The number of aliphatic hydroxyl groups is 3. The van der Waals surface area contributed by atoms with Crippen LogP contribution in [0.1, 0.15) is 23.1 Å². The molecule has 3 aliphatic carbocycles. The topological polar surface area (TPSA) is 190 Å². The van der Waals surface area contributed by atoms with Crippen molar-refractivity contribution < 1.29 is 34.8 Å². The molecule has 1 aromatic heterocycles. The van der Waals surface area contributed by atoms with Gasteiger partial charge in [0.05, 0.1) is 17.4 Å². The van der Waals surface area contributed by atoms with Gasteiger partial charge in [-0.1, -0.05) is 0 Å². The van der Waals surface area contributed by atoms with Gasteiger partial charge in [-0.05, 0) is 56.6 Å². The van der Waals surface area contributed by atoms with E-state index in [9.17, 15) is 34.8 Å². The fourth-order valence-corrected chi connectivity index (χ4v) is 6.90. The summed E-state index contributed by atoms with van der Waals surface area (Å²) < 4.78 is 0. The van der Waals surface area contributed by atoms with Gasteiger partial charge in [-0.15, -0.1) is 0 Å². The summed E-state index contributed by atoms with van der Waals surface area (Å²) in [6.07, 6.45) is 2.03. The highest BCUT2D eigenvalue weighted by Gasteiger charge is 2.67. The second-order valence-electron chi connectivity index (χ2n) is 11.5. The zero-order valence-electron chi connectivity index (χ0n) is 23.3. The Morgan fingerprint density at radius 2 is 1.93 bits per heavy atom. The number of rotatable bonds is 6. The molecular formula is C29H35N5O7. The Hall–Kier alpha value is -4.00. The summed E-state index contributed by atoms with van der Waals surface area (Å²) in [6, 6.07) is 4.45. The van der Waals surface area contributed by atoms with Crippen LogP contribution in [0.25, 0.3) is 5.76 Å². The average Bonchev–Trinajstić information content (AvgIpc) is 2.90. The third kappa shape index (κ3) is 4.25. The Morgan fingerprint density at radius 1 is 1.22 bits per heavy atom. The van der Waals surface area contributed by atoms with E-state index in [4.69, 9.17) is 5.73 Å². The number of primary amides is 1. The molecule has 0 radical (unpaired) electrons. The molecule has 3 unspecified atom stereocenters. The van der Waals surface area contributed by atoms with Gasteiger partial charge in [-0.3, -0.25) is 19.4 Å². The number of carbonyl (C=O) groups is 3. The van der Waals surface area contributed by atoms with E-state index in [-0.39, 0.29) is 36.3 Å². The SMILES string of the molecule is CN(C)c1cc(CNc2cccnc2)c(O)c2c1C[C@@H]1C[C@@H]3C(N(C)C)C(O)C(C(N)=O)C(=O)[C@]3(O)C(=O)C1=C2O. The summed E-state index contributed by atoms with van der Waals surface area (Å²) in [6.45, 7) is 0.179. The van der Waals surface area contributed by atoms with Crippen LogP contribution in [-0.4, -0.2) is 93.7 Å². The van der Waals surface area contributed by atoms with Gasteiger partial charge in [-0.2, -0.15) is 0 Å². The smallest absolute Gasteiger partial charge is 0.230 e. The van der Waals surface area contributed by atoms with Gasteiger partial charge in [0.2, 0.25) is 11.7 Å². The predicted octanol–water partition coefficient (Wildman–Crippen LogP) is 0.202. The molecule has 3 aliphatic rings. The van der Waals surface area contributed by atoms with Gasteiger partial charge in [0, 0.05) is 61.8 Å². The number of carbonyl (C=O) groups excluding carboxylic acids is 3. The lowest BCUT2D eigenvalue weighted by molar-refractivity contribution is -0.184. The number of anilines is 2. The lowest BCUT2D eigenvalue weighted by Gasteiger charge is -2.53. The van der Waals surface area contributed by atoms with E-state index in [1.54, 1.807) is 37.5 Å². The Balaban J connectivity index is 1.65. The number of Topliss-reactive ketones (excluding diaryl/α,β-unsaturated/α-hetero) is 2. The molecule has 5 rings (SSSR count). The minimum Gasteiger partial charge on any atom is -0.507 e. The van der Waals surface area contributed by atoms with E-state index in [2.05, 4.69) is 10.3 Å². The molecule has 1 aromatic carbocycles. The number of phenolic OH excluding ortho intramolecular Hbond substituents is 1. The Morgan fingerprint density at radius 3 is 2.51 bits per heavy atom. The Kier molecular flexibility index (Phi) is 7.04. The van der Waals surface area contributed by atoms with Crippen molar-refractivity contribution >= 4 is 34.6 Å². The number of hydrogen-bond donors (Lipinski definition) is 6. The summed E-state index contributed by atoms with van der Waals surface area (Å²) in [5.74, 6) is -7.61. The number of pyridine rings is 1. The first-order valence-corrected chi connectivity index (χ1v) is 13.4. The fourth-order valence-electron chi connectivity index (χ4n) is 6.90. The molecule has 2 fully saturated rings. The van der Waals surface area contributed by atoms with Crippen LogP contribution in [0.4, 0.5) is 11.4 Å². The van der Waals surface area contributed by atoms with E-state index in [0.717, 1.165) is 5.69 Å². The number of likely N-dealkylation sites (N-methyl/N-ethyl adjacent to an activating group) is 1. The van der Waals surface area contributed by atoms with E-state index < -0.39 is 58.7 Å². The maximum absolute atomic E-state index is 14.1. The lowest BCUT2D eigenvalue weighted by atomic mass is 9.54. The number of nitrogens with zero attached hydrogens (tertiary/aromatic N) is 3. The fraction of sp³-hybridized carbons (Fsp3) is 0.448. The zero-order chi connectivity index (χ0) is 30.0. The van der Waals surface area contributed by atoms with Crippen LogP contribution < -0.4 is 16.0 Å². The zero-order valence-corrected chi connectivity index (χ0v) is 23.3. The molecular weight excluding hydrogens is 530 g/mol. The molecule has 6 atom stereocenters. The molecule has 12 nitrogen and oxygen atoms in total. The molecule has 1 amide bonds. The second-order valence-corrected chi connectivity index (χ2v) is 11.5. The van der Waals surface area contributed by atoms with Crippen molar-refractivity contribution in [2.45, 2.75) is 37.1 Å². The molecule has 2 saturated carbocycles. The average molecular weight is 566 g/mol. The van der Waals surface area contributed by atoms with E-state index in [0.29, 0.717) is 16.8 Å². The number of benzene rings is 1. The number of aliphatic hydroxyl groups excluding tert-OH is 2. The molecule has 0 spiro atoms. The van der Waals surface area contributed by atoms with Crippen molar-refractivity contribution in [2.24, 2.45) is 23.5 Å². The summed E-state index contributed by atoms with van der Waals surface area (Å²) >= 11 is 0. The normalized spacial score (nSPS) is 29.1. The maximum atomic E-state index is 14.1. The highest BCUT2D eigenvalue weighted by molar-refractivity contribution is 6.25. The summed E-state index contributed by atoms with van der Waals surface area (Å²) in [7, 11) is 6.90. The molecule has 2 aromatic rings. The van der Waals surface area contributed by atoms with Crippen molar-refractivity contribution in [3.8, 4) is 5.75 Å². The Bertz CT molecular complexity index is 1460. The van der Waals surface area contributed by atoms with Crippen molar-refractivity contribution in [3.63, 3.8) is 0 Å². The van der Waals surface area contributed by atoms with Gasteiger partial charge in [0.1, 0.15) is 17.4 Å². The first-order valence-electron chi connectivity index (χ1n) is 13.4. The number of amides is 1. The molecule has 0 bridgehead atoms. The van der Waals surface area contributed by atoms with Crippen molar-refractivity contribution in [1.82, 2.24) is 9.88 Å². The number of nitrogens with two attached hydrogens (primary N) is 1. The number of nitrogens with one attached hydrogen (secondary N) is 1. The van der Waals surface area contributed by atoms with Crippen LogP contribution in [0, 0.1) is 17.8 Å². The molecule has 0 aliphatic heterocycles. The van der Waals surface area contributed by atoms with Crippen molar-refractivity contribution in [3.05, 3.63) is 52.9 Å². The minimum absolute atomic E-state index is 0.0553. The highest BCUT2D eigenvalue weighted by atomic mass is 16.3. The first kappa shape index (κ1) is 28.5. The lowest BCUT2D eigenvalue weighted by Crippen LogP contribution is -2.73. The molecule has 12 heteroatoms. The van der Waals surface area contributed by atoms with Crippen molar-refractivity contribution in [1.29, 1.82) is 0 Å². The van der Waals surface area contributed by atoms with Crippen LogP contribution in [0.5, 0.6) is 5.75 Å². The number of phenols is 1. The largest absolute Gasteiger partial charge is 0.507 e. The van der Waals surface area contributed by atoms with Crippen LogP contribution in [0.3, 0.4) is 0 Å². The minimum atomic E-state index is -2.69. The number of aromatic nitrogens is 1. The van der Waals surface area contributed by atoms with E-state index in [1.165, 1.54) is 0 Å². The van der Waals surface area contributed by atoms with Crippen LogP contribution in [0.2, 0.25) is 0 Å². The number of fused-ring (bicyclic) bond motifs is 3. The number of aromatic hydroxyl groups is 1. The first-order chi connectivity index (χ1) is 19.3. The van der Waals surface area contributed by atoms with Gasteiger partial charge >= 0.3 is 0 Å². The maximum Gasteiger partial charge on any atom is 0.230 e. The number of ketones is 2. The number of hydrogen-bond acceptors (Lipinski definition) is 11. The monoisotopic (exact) mass is 565 g/mol. The summed E-state index contributed by atoms with van der Waals surface area (Å²) in [5, 5.41) is 48.9. The molecule has 7 N–H and O–H groups in total.